The van der Waals surface area contributed by atoms with Crippen LogP contribution in [0.25, 0.3) is 0 Å². The first kappa shape index (κ1) is 27.7. The molecule has 2 N–H and O–H groups in total. The zero-order valence-electron chi connectivity index (χ0n) is 23.7. The first-order valence-corrected chi connectivity index (χ1v) is 14.1. The highest BCUT2D eigenvalue weighted by molar-refractivity contribution is 5.79. The van der Waals surface area contributed by atoms with Crippen LogP contribution in [0.1, 0.15) is 41.2 Å². The molecule has 2 aromatic carbocycles. The molecule has 1 aliphatic carbocycles. The molecule has 0 spiro atoms. The highest BCUT2D eigenvalue weighted by atomic mass is 16.8. The van der Waals surface area contributed by atoms with E-state index >= 15 is 0 Å². The van der Waals surface area contributed by atoms with E-state index in [1.807, 2.05) is 31.2 Å². The van der Waals surface area contributed by atoms with Gasteiger partial charge in [0, 0.05) is 17.4 Å². The first-order chi connectivity index (χ1) is 20.3. The van der Waals surface area contributed by atoms with Crippen molar-refractivity contribution in [2.45, 2.75) is 62.9 Å². The van der Waals surface area contributed by atoms with Gasteiger partial charge in [-0.05, 0) is 54.8 Å². The summed E-state index contributed by atoms with van der Waals surface area (Å²) in [5, 5.41) is 22.0. The van der Waals surface area contributed by atoms with Gasteiger partial charge < -0.3 is 52.8 Å². The fourth-order valence-corrected chi connectivity index (χ4v) is 6.93. The molecule has 0 saturated carbocycles. The van der Waals surface area contributed by atoms with Gasteiger partial charge in [0.25, 0.3) is 0 Å². The summed E-state index contributed by atoms with van der Waals surface area (Å²) in [4.78, 5) is 13.4. The summed E-state index contributed by atoms with van der Waals surface area (Å²) in [5.41, 5.74) is 3.15. The monoisotopic (exact) mass is 586 g/mol. The number of ether oxygens (including phenoxy) is 9. The average Bonchev–Trinajstić information content (AvgIpc) is 3.61. The van der Waals surface area contributed by atoms with Gasteiger partial charge in [-0.3, -0.25) is 4.79 Å². The van der Waals surface area contributed by atoms with E-state index in [4.69, 9.17) is 42.6 Å². The molecule has 42 heavy (non-hydrogen) atoms. The van der Waals surface area contributed by atoms with Gasteiger partial charge >= 0.3 is 5.97 Å². The van der Waals surface area contributed by atoms with Crippen LogP contribution >= 0.6 is 0 Å². The maximum absolute atomic E-state index is 13.4. The number of esters is 1. The summed E-state index contributed by atoms with van der Waals surface area (Å²) >= 11 is 0. The molecule has 0 amide bonds. The number of cyclic esters (lactones) is 1. The minimum Gasteiger partial charge on any atom is -0.496 e. The van der Waals surface area contributed by atoms with E-state index < -0.39 is 60.9 Å². The Labute approximate surface area is 242 Å². The quantitative estimate of drug-likeness (QED) is 0.495. The van der Waals surface area contributed by atoms with E-state index in [0.717, 1.165) is 22.3 Å². The molecular weight excluding hydrogens is 552 g/mol. The van der Waals surface area contributed by atoms with Crippen LogP contribution in [0.15, 0.2) is 24.3 Å². The zero-order chi connectivity index (χ0) is 29.3. The lowest BCUT2D eigenvalue weighted by Crippen LogP contribution is -2.63. The minimum absolute atomic E-state index is 0.0631. The van der Waals surface area contributed by atoms with Crippen LogP contribution in [0, 0.1) is 18.8 Å². The number of methoxy groups -OCH3 is 2. The van der Waals surface area contributed by atoms with Crippen LogP contribution in [-0.4, -0.2) is 87.4 Å². The maximum Gasteiger partial charge on any atom is 0.310 e. The largest absolute Gasteiger partial charge is 0.496 e. The van der Waals surface area contributed by atoms with Gasteiger partial charge in [-0.2, -0.15) is 0 Å². The Bertz CT molecular complexity index is 1350. The molecule has 2 unspecified atom stereocenters. The van der Waals surface area contributed by atoms with Crippen molar-refractivity contribution in [2.75, 3.05) is 34.2 Å². The molecule has 2 aromatic rings. The molecule has 4 heterocycles. The number of carbonyl (C=O) groups excluding carboxylic acids is 1. The van der Waals surface area contributed by atoms with Crippen LogP contribution < -0.4 is 18.9 Å². The topological polar surface area (TPSA) is 141 Å². The number of hydrogen-bond donors (Lipinski definition) is 2. The van der Waals surface area contributed by atoms with E-state index in [-0.39, 0.29) is 26.0 Å². The van der Waals surface area contributed by atoms with E-state index in [2.05, 4.69) is 0 Å². The molecule has 3 fully saturated rings. The van der Waals surface area contributed by atoms with Gasteiger partial charge in [-0.1, -0.05) is 0 Å². The second-order valence-electron chi connectivity index (χ2n) is 11.3. The molecular formula is C30H34O12. The molecule has 5 aliphatic rings. The normalized spacial score (nSPS) is 36.5. The van der Waals surface area contributed by atoms with Crippen molar-refractivity contribution < 1.29 is 57.6 Å². The van der Waals surface area contributed by atoms with Crippen LogP contribution in [0.5, 0.6) is 23.0 Å². The average molecular weight is 587 g/mol. The number of carbonyl (C=O) groups is 1. The summed E-state index contributed by atoms with van der Waals surface area (Å²) in [6.07, 6.45) is -6.60. The Morgan fingerprint density at radius 1 is 0.881 bits per heavy atom. The Balaban J connectivity index is 1.32. The second kappa shape index (κ2) is 10.5. The van der Waals surface area contributed by atoms with Crippen molar-refractivity contribution in [2.24, 2.45) is 11.8 Å². The number of aliphatic hydroxyl groups is 2. The minimum atomic E-state index is -1.41. The van der Waals surface area contributed by atoms with Gasteiger partial charge in [0.2, 0.25) is 6.79 Å². The number of fused-ring (bicyclic) bond motifs is 4. The SMILES string of the molecule is COc1cc([C@@H]2c3cc4c(cc3C(OC3O[C@@H]5CO[C@@H](C)O[C@H]5[C@H](O)[C@H]3O)[C@H]3COC(=O)[C@H]23)OCO4)cc(OC)c1C. The van der Waals surface area contributed by atoms with Crippen LogP contribution in [-0.2, 0) is 28.5 Å². The van der Waals surface area contributed by atoms with Gasteiger partial charge in [0.05, 0.1) is 39.5 Å². The number of hydrogen-bond acceptors (Lipinski definition) is 12. The van der Waals surface area contributed by atoms with E-state index in [0.29, 0.717) is 23.0 Å². The van der Waals surface area contributed by atoms with Gasteiger partial charge in [-0.25, -0.2) is 0 Å². The summed E-state index contributed by atoms with van der Waals surface area (Å²) < 4.78 is 52.3. The summed E-state index contributed by atoms with van der Waals surface area (Å²) in [6.45, 7) is 3.95. The third-order valence-corrected chi connectivity index (χ3v) is 9.02. The molecule has 0 bridgehead atoms. The Morgan fingerprint density at radius 2 is 1.57 bits per heavy atom. The predicted octanol–water partition coefficient (Wildman–Crippen LogP) is 1.94. The fraction of sp³-hybridized carbons (Fsp3) is 0.567. The number of rotatable bonds is 5. The molecule has 0 radical (unpaired) electrons. The van der Waals surface area contributed by atoms with Crippen LogP contribution in [0.4, 0.5) is 0 Å². The zero-order valence-corrected chi connectivity index (χ0v) is 23.7. The molecule has 0 aromatic heterocycles. The number of aliphatic hydroxyl groups excluding tert-OH is 2. The van der Waals surface area contributed by atoms with Gasteiger partial charge in [0.15, 0.2) is 24.1 Å². The number of benzene rings is 2. The third kappa shape index (κ3) is 4.31. The lowest BCUT2D eigenvalue weighted by Gasteiger charge is -2.47. The smallest absolute Gasteiger partial charge is 0.310 e. The van der Waals surface area contributed by atoms with Crippen molar-refractivity contribution in [1.29, 1.82) is 0 Å². The van der Waals surface area contributed by atoms with E-state index in [1.54, 1.807) is 21.1 Å². The van der Waals surface area contributed by atoms with Crippen LogP contribution in [0.3, 0.4) is 0 Å². The molecule has 7 rings (SSSR count). The Kier molecular flexibility index (Phi) is 6.95. The van der Waals surface area contributed by atoms with Gasteiger partial charge in [-0.15, -0.1) is 0 Å². The molecule has 226 valence electrons. The molecule has 4 aliphatic heterocycles. The lowest BCUT2D eigenvalue weighted by molar-refractivity contribution is -0.364. The third-order valence-electron chi connectivity index (χ3n) is 9.02. The maximum atomic E-state index is 13.4. The Hall–Kier alpha value is -3.13. The second-order valence-corrected chi connectivity index (χ2v) is 11.3. The van der Waals surface area contributed by atoms with Crippen molar-refractivity contribution in [3.63, 3.8) is 0 Å². The van der Waals surface area contributed by atoms with Gasteiger partial charge in [0.1, 0.15) is 35.9 Å². The molecule has 12 nitrogen and oxygen atoms in total. The van der Waals surface area contributed by atoms with Crippen molar-refractivity contribution in [3.05, 3.63) is 46.5 Å². The van der Waals surface area contributed by atoms with Crippen molar-refractivity contribution >= 4 is 5.97 Å². The van der Waals surface area contributed by atoms with E-state index in [9.17, 15) is 15.0 Å². The lowest BCUT2D eigenvalue weighted by atomic mass is 9.66. The van der Waals surface area contributed by atoms with E-state index in [1.165, 1.54) is 0 Å². The molecule has 12 heteroatoms. The standard InChI is InChI=1S/C30H34O12/c1-12-18(34-3)5-14(6-19(12)35-4)23-15-7-20-21(39-11-38-20)8-16(15)27(17-9-37-29(33)24(17)23)42-30-26(32)25(31)28-22(41-30)10-36-13(2)40-28/h5-8,13,17,22-28,30-32H,9-11H2,1-4H3/t13-,17+,22-,23-,24+,25-,26-,27?,28-,30?/m1/s1. The fourth-order valence-electron chi connectivity index (χ4n) is 6.93. The first-order valence-electron chi connectivity index (χ1n) is 14.1. The van der Waals surface area contributed by atoms with Crippen molar-refractivity contribution in [3.8, 4) is 23.0 Å². The Morgan fingerprint density at radius 3 is 2.26 bits per heavy atom. The van der Waals surface area contributed by atoms with Crippen molar-refractivity contribution in [1.82, 2.24) is 0 Å². The highest BCUT2D eigenvalue weighted by Gasteiger charge is 2.56. The summed E-state index contributed by atoms with van der Waals surface area (Å²) in [5.74, 6) is 0.435. The molecule has 3 saturated heterocycles. The van der Waals surface area contributed by atoms with Crippen LogP contribution in [0.2, 0.25) is 0 Å². The summed E-state index contributed by atoms with van der Waals surface area (Å²) in [6, 6.07) is 7.54. The highest BCUT2D eigenvalue weighted by Crippen LogP contribution is 2.56. The predicted molar refractivity (Wildman–Crippen MR) is 141 cm³/mol. The summed E-state index contributed by atoms with van der Waals surface area (Å²) in [7, 11) is 3.18. The molecule has 10 atom stereocenters.